The number of anilines is 1. The van der Waals surface area contributed by atoms with Crippen LogP contribution >= 0.6 is 0 Å². The Kier molecular flexibility index (Phi) is 4.71. The standard InChI is InChI=1S/C15H23N5/c1-5-8-20-10-12(9-17-20)14-11(4)15(16-7-3)19-13(6-2)18-14/h9-10H,5-8H2,1-4H3,(H,16,18,19). The average Bonchev–Trinajstić information content (AvgIpc) is 2.90. The third-order valence-electron chi connectivity index (χ3n) is 3.21. The Labute approximate surface area is 120 Å². The number of aryl methyl sites for hydroxylation is 2. The van der Waals surface area contributed by atoms with Crippen LogP contribution in [-0.4, -0.2) is 26.3 Å². The molecule has 5 heteroatoms. The maximum atomic E-state index is 4.67. The maximum absolute atomic E-state index is 4.67. The summed E-state index contributed by atoms with van der Waals surface area (Å²) in [5.41, 5.74) is 3.13. The Hall–Kier alpha value is -1.91. The fourth-order valence-corrected chi connectivity index (χ4v) is 2.18. The molecule has 0 fully saturated rings. The second-order valence-electron chi connectivity index (χ2n) is 4.84. The van der Waals surface area contributed by atoms with Crippen molar-refractivity contribution in [3.8, 4) is 11.3 Å². The zero-order valence-electron chi connectivity index (χ0n) is 12.8. The first-order valence-corrected chi connectivity index (χ1v) is 7.33. The lowest BCUT2D eigenvalue weighted by atomic mass is 10.1. The third kappa shape index (κ3) is 2.98. The fraction of sp³-hybridized carbons (Fsp3) is 0.533. The van der Waals surface area contributed by atoms with E-state index < -0.39 is 0 Å². The van der Waals surface area contributed by atoms with E-state index in [9.17, 15) is 0 Å². The summed E-state index contributed by atoms with van der Waals surface area (Å²) in [6.45, 7) is 10.1. The second-order valence-corrected chi connectivity index (χ2v) is 4.84. The molecule has 2 aromatic heterocycles. The van der Waals surface area contributed by atoms with Gasteiger partial charge >= 0.3 is 0 Å². The molecule has 2 rings (SSSR count). The summed E-state index contributed by atoms with van der Waals surface area (Å²) >= 11 is 0. The van der Waals surface area contributed by atoms with Crippen LogP contribution in [-0.2, 0) is 13.0 Å². The minimum atomic E-state index is 0.828. The molecule has 20 heavy (non-hydrogen) atoms. The van der Waals surface area contributed by atoms with Crippen LogP contribution < -0.4 is 5.32 Å². The zero-order chi connectivity index (χ0) is 14.5. The van der Waals surface area contributed by atoms with Gasteiger partial charge in [-0.25, -0.2) is 9.97 Å². The second kappa shape index (κ2) is 6.50. The molecule has 1 N–H and O–H groups in total. The van der Waals surface area contributed by atoms with Gasteiger partial charge in [0.05, 0.1) is 11.9 Å². The summed E-state index contributed by atoms with van der Waals surface area (Å²) in [5, 5.41) is 7.70. The number of nitrogens with one attached hydrogen (secondary N) is 1. The van der Waals surface area contributed by atoms with Gasteiger partial charge in [0.25, 0.3) is 0 Å². The Bertz CT molecular complexity index is 574. The van der Waals surface area contributed by atoms with Crippen molar-refractivity contribution in [1.29, 1.82) is 0 Å². The van der Waals surface area contributed by atoms with Crippen molar-refractivity contribution in [3.63, 3.8) is 0 Å². The van der Waals surface area contributed by atoms with Gasteiger partial charge in [0.1, 0.15) is 11.6 Å². The highest BCUT2D eigenvalue weighted by Crippen LogP contribution is 2.25. The molecule has 0 atom stereocenters. The Morgan fingerprint density at radius 1 is 1.20 bits per heavy atom. The summed E-state index contributed by atoms with van der Waals surface area (Å²) in [6, 6.07) is 0. The van der Waals surface area contributed by atoms with E-state index in [0.29, 0.717) is 0 Å². The van der Waals surface area contributed by atoms with Crippen molar-refractivity contribution in [2.45, 2.75) is 47.1 Å². The largest absolute Gasteiger partial charge is 0.370 e. The molecule has 0 saturated carbocycles. The van der Waals surface area contributed by atoms with Gasteiger partial charge in [0, 0.05) is 36.8 Å². The lowest BCUT2D eigenvalue weighted by molar-refractivity contribution is 0.603. The SMILES string of the molecule is CCCn1cc(-c2nc(CC)nc(NCC)c2C)cn1. The van der Waals surface area contributed by atoms with Crippen molar-refractivity contribution < 1.29 is 0 Å². The Morgan fingerprint density at radius 3 is 2.65 bits per heavy atom. The average molecular weight is 273 g/mol. The zero-order valence-corrected chi connectivity index (χ0v) is 12.8. The molecular weight excluding hydrogens is 250 g/mol. The highest BCUT2D eigenvalue weighted by atomic mass is 15.3. The molecule has 5 nitrogen and oxygen atoms in total. The smallest absolute Gasteiger partial charge is 0.133 e. The van der Waals surface area contributed by atoms with Crippen LogP contribution in [0.5, 0.6) is 0 Å². The molecule has 0 unspecified atom stereocenters. The van der Waals surface area contributed by atoms with E-state index in [-0.39, 0.29) is 0 Å². The predicted molar refractivity (Wildman–Crippen MR) is 81.8 cm³/mol. The van der Waals surface area contributed by atoms with Gasteiger partial charge in [-0.05, 0) is 20.3 Å². The summed E-state index contributed by atoms with van der Waals surface area (Å²) in [4.78, 5) is 9.23. The topological polar surface area (TPSA) is 55.6 Å². The van der Waals surface area contributed by atoms with Crippen LogP contribution in [0.1, 0.15) is 38.6 Å². The van der Waals surface area contributed by atoms with E-state index >= 15 is 0 Å². The van der Waals surface area contributed by atoms with Crippen LogP contribution in [0.3, 0.4) is 0 Å². The number of nitrogens with zero attached hydrogens (tertiary/aromatic N) is 4. The summed E-state index contributed by atoms with van der Waals surface area (Å²) in [6.07, 6.45) is 5.86. The molecule has 0 radical (unpaired) electrons. The first kappa shape index (κ1) is 14.5. The van der Waals surface area contributed by atoms with E-state index in [1.807, 2.05) is 10.9 Å². The van der Waals surface area contributed by atoms with Crippen LogP contribution in [0.4, 0.5) is 5.82 Å². The van der Waals surface area contributed by atoms with Crippen LogP contribution in [0.15, 0.2) is 12.4 Å². The molecule has 0 saturated heterocycles. The van der Waals surface area contributed by atoms with Gasteiger partial charge < -0.3 is 5.32 Å². The maximum Gasteiger partial charge on any atom is 0.133 e. The summed E-state index contributed by atoms with van der Waals surface area (Å²) < 4.78 is 1.97. The van der Waals surface area contributed by atoms with E-state index in [1.54, 1.807) is 0 Å². The number of hydrogen-bond acceptors (Lipinski definition) is 4. The number of hydrogen-bond donors (Lipinski definition) is 1. The van der Waals surface area contributed by atoms with E-state index in [4.69, 9.17) is 0 Å². The minimum Gasteiger partial charge on any atom is -0.370 e. The molecule has 0 amide bonds. The highest BCUT2D eigenvalue weighted by Gasteiger charge is 2.13. The fourth-order valence-electron chi connectivity index (χ4n) is 2.18. The first-order valence-electron chi connectivity index (χ1n) is 7.33. The lowest BCUT2D eigenvalue weighted by Crippen LogP contribution is -2.07. The summed E-state index contributed by atoms with van der Waals surface area (Å²) in [5.74, 6) is 1.79. The van der Waals surface area contributed by atoms with Crippen molar-refractivity contribution in [1.82, 2.24) is 19.7 Å². The minimum absolute atomic E-state index is 0.828. The predicted octanol–water partition coefficient (Wildman–Crippen LogP) is 3.05. The molecule has 0 bridgehead atoms. The van der Waals surface area contributed by atoms with Gasteiger partial charge in [0.15, 0.2) is 0 Å². The van der Waals surface area contributed by atoms with E-state index in [0.717, 1.165) is 54.4 Å². The van der Waals surface area contributed by atoms with Gasteiger partial charge in [-0.2, -0.15) is 5.10 Å². The molecule has 0 aliphatic carbocycles. The van der Waals surface area contributed by atoms with Crippen LogP contribution in [0.25, 0.3) is 11.3 Å². The monoisotopic (exact) mass is 273 g/mol. The molecule has 2 aromatic rings. The number of rotatable bonds is 6. The van der Waals surface area contributed by atoms with Crippen molar-refractivity contribution in [2.75, 3.05) is 11.9 Å². The third-order valence-corrected chi connectivity index (χ3v) is 3.21. The van der Waals surface area contributed by atoms with Gasteiger partial charge in [-0.1, -0.05) is 13.8 Å². The summed E-state index contributed by atoms with van der Waals surface area (Å²) in [7, 11) is 0. The molecule has 108 valence electrons. The van der Waals surface area contributed by atoms with Crippen molar-refractivity contribution in [2.24, 2.45) is 0 Å². The van der Waals surface area contributed by atoms with Crippen molar-refractivity contribution in [3.05, 3.63) is 23.8 Å². The van der Waals surface area contributed by atoms with Crippen LogP contribution in [0.2, 0.25) is 0 Å². The van der Waals surface area contributed by atoms with Gasteiger partial charge in [-0.15, -0.1) is 0 Å². The molecular formula is C15H23N5. The molecule has 0 aliphatic heterocycles. The van der Waals surface area contributed by atoms with E-state index in [2.05, 4.69) is 54.3 Å². The van der Waals surface area contributed by atoms with Crippen molar-refractivity contribution >= 4 is 5.82 Å². The molecule has 2 heterocycles. The quantitative estimate of drug-likeness (QED) is 0.879. The van der Waals surface area contributed by atoms with Crippen LogP contribution in [0, 0.1) is 6.92 Å². The highest BCUT2D eigenvalue weighted by molar-refractivity contribution is 5.67. The Balaban J connectivity index is 2.45. The Morgan fingerprint density at radius 2 is 2.00 bits per heavy atom. The van der Waals surface area contributed by atoms with Gasteiger partial charge in [0.2, 0.25) is 0 Å². The lowest BCUT2D eigenvalue weighted by Gasteiger charge is -2.11. The first-order chi connectivity index (χ1) is 9.69. The van der Waals surface area contributed by atoms with Gasteiger partial charge in [-0.3, -0.25) is 4.68 Å². The van der Waals surface area contributed by atoms with E-state index in [1.165, 1.54) is 0 Å². The molecule has 0 spiro atoms. The normalized spacial score (nSPS) is 10.8. The number of aromatic nitrogens is 4. The molecule has 0 aliphatic rings. The molecule has 0 aromatic carbocycles.